The molecule has 0 aromatic heterocycles. The molecule has 0 aliphatic carbocycles. The monoisotopic (exact) mass is 294 g/mol. The van der Waals surface area contributed by atoms with E-state index in [1.165, 1.54) is 0 Å². The lowest BCUT2D eigenvalue weighted by Gasteiger charge is -2.30. The minimum absolute atomic E-state index is 0.0919. The summed E-state index contributed by atoms with van der Waals surface area (Å²) in [5, 5.41) is 3.99. The zero-order valence-electron chi connectivity index (χ0n) is 12.4. The minimum Gasteiger partial charge on any atom is -0.334 e. The highest BCUT2D eigenvalue weighted by Gasteiger charge is 2.27. The number of carbonyl (C=O) groups is 1. The van der Waals surface area contributed by atoms with E-state index in [4.69, 9.17) is 11.6 Å². The van der Waals surface area contributed by atoms with E-state index < -0.39 is 0 Å². The number of aryl methyl sites for hydroxylation is 1. The van der Waals surface area contributed by atoms with E-state index in [0.29, 0.717) is 22.5 Å². The van der Waals surface area contributed by atoms with Gasteiger partial charge < -0.3 is 10.2 Å². The summed E-state index contributed by atoms with van der Waals surface area (Å²) < 4.78 is 0. The van der Waals surface area contributed by atoms with Crippen LogP contribution in [0.5, 0.6) is 0 Å². The summed E-state index contributed by atoms with van der Waals surface area (Å²) >= 11 is 6.14. The Kier molecular flexibility index (Phi) is 5.06. The number of rotatable bonds is 4. The Balaban J connectivity index is 2.22. The van der Waals surface area contributed by atoms with Gasteiger partial charge in [-0.25, -0.2) is 0 Å². The molecule has 1 amide bonds. The second-order valence-electron chi connectivity index (χ2n) is 5.96. The van der Waals surface area contributed by atoms with Crippen molar-refractivity contribution in [1.29, 1.82) is 0 Å². The molecular formula is C16H23ClN2O. The maximum Gasteiger partial charge on any atom is 0.254 e. The van der Waals surface area contributed by atoms with E-state index >= 15 is 0 Å². The van der Waals surface area contributed by atoms with Crippen LogP contribution in [-0.4, -0.2) is 36.5 Å². The Bertz CT molecular complexity index is 481. The van der Waals surface area contributed by atoms with Gasteiger partial charge in [0.05, 0.1) is 0 Å². The van der Waals surface area contributed by atoms with Crippen LogP contribution in [0.25, 0.3) is 0 Å². The molecule has 1 atom stereocenters. The molecule has 1 aromatic carbocycles. The molecule has 0 spiro atoms. The number of nitrogens with one attached hydrogen (secondary N) is 1. The second kappa shape index (κ2) is 6.59. The molecule has 1 aliphatic rings. The van der Waals surface area contributed by atoms with Gasteiger partial charge in [-0.05, 0) is 43.5 Å². The molecule has 1 fully saturated rings. The predicted molar refractivity (Wildman–Crippen MR) is 83.3 cm³/mol. The van der Waals surface area contributed by atoms with E-state index in [9.17, 15) is 4.79 Å². The van der Waals surface area contributed by atoms with E-state index in [2.05, 4.69) is 19.2 Å². The van der Waals surface area contributed by atoms with Crippen molar-refractivity contribution in [3.05, 3.63) is 34.3 Å². The third-order valence-corrected chi connectivity index (χ3v) is 4.12. The molecule has 1 aliphatic heterocycles. The van der Waals surface area contributed by atoms with Gasteiger partial charge in [0, 0.05) is 29.7 Å². The van der Waals surface area contributed by atoms with Gasteiger partial charge in [-0.1, -0.05) is 31.5 Å². The number of hydrogen-bond donors (Lipinski definition) is 1. The molecule has 4 heteroatoms. The van der Waals surface area contributed by atoms with Crippen molar-refractivity contribution in [2.75, 3.05) is 19.6 Å². The smallest absolute Gasteiger partial charge is 0.254 e. The Hall–Kier alpha value is -1.06. The Morgan fingerprint density at radius 3 is 2.80 bits per heavy atom. The molecule has 2 rings (SSSR count). The lowest BCUT2D eigenvalue weighted by Crippen LogP contribution is -2.43. The van der Waals surface area contributed by atoms with Crippen molar-refractivity contribution in [1.82, 2.24) is 10.2 Å². The molecule has 0 radical (unpaired) electrons. The van der Waals surface area contributed by atoms with Gasteiger partial charge in [-0.2, -0.15) is 0 Å². The van der Waals surface area contributed by atoms with Gasteiger partial charge in [-0.3, -0.25) is 4.79 Å². The fourth-order valence-corrected chi connectivity index (χ4v) is 2.77. The van der Waals surface area contributed by atoms with Crippen LogP contribution >= 0.6 is 11.6 Å². The molecule has 1 heterocycles. The predicted octanol–water partition coefficient (Wildman–Crippen LogP) is 3.11. The first-order valence-corrected chi connectivity index (χ1v) is 7.64. The van der Waals surface area contributed by atoms with Crippen molar-refractivity contribution in [2.24, 2.45) is 5.92 Å². The Morgan fingerprint density at radius 1 is 1.50 bits per heavy atom. The molecule has 3 nitrogen and oxygen atoms in total. The molecule has 1 N–H and O–H groups in total. The average molecular weight is 295 g/mol. The molecule has 1 saturated heterocycles. The number of benzene rings is 1. The van der Waals surface area contributed by atoms with Gasteiger partial charge in [0.2, 0.25) is 0 Å². The van der Waals surface area contributed by atoms with Crippen LogP contribution in [0.2, 0.25) is 5.02 Å². The number of nitrogens with zero attached hydrogens (tertiary/aromatic N) is 1. The third kappa shape index (κ3) is 3.53. The lowest BCUT2D eigenvalue weighted by molar-refractivity contribution is 0.0667. The molecule has 1 aromatic rings. The van der Waals surface area contributed by atoms with E-state index in [-0.39, 0.29) is 5.91 Å². The Morgan fingerprint density at radius 2 is 2.25 bits per heavy atom. The van der Waals surface area contributed by atoms with Crippen LogP contribution in [-0.2, 0) is 0 Å². The van der Waals surface area contributed by atoms with E-state index in [1.54, 1.807) is 6.07 Å². The van der Waals surface area contributed by atoms with Crippen LogP contribution in [0.1, 0.15) is 36.2 Å². The largest absolute Gasteiger partial charge is 0.334 e. The highest BCUT2D eigenvalue weighted by Crippen LogP contribution is 2.20. The maximum atomic E-state index is 12.8. The summed E-state index contributed by atoms with van der Waals surface area (Å²) in [6, 6.07) is 5.87. The second-order valence-corrected chi connectivity index (χ2v) is 6.37. The number of halogens is 1. The van der Waals surface area contributed by atoms with Crippen LogP contribution in [0.15, 0.2) is 18.2 Å². The molecule has 0 bridgehead atoms. The number of carbonyl (C=O) groups excluding carboxylic acids is 1. The van der Waals surface area contributed by atoms with Crippen LogP contribution in [0.3, 0.4) is 0 Å². The van der Waals surface area contributed by atoms with Gasteiger partial charge in [0.25, 0.3) is 5.91 Å². The SMILES string of the molecule is Cc1ccc(C(=O)N(CC(C)C)[C@@H]2CCNC2)cc1Cl. The summed E-state index contributed by atoms with van der Waals surface area (Å²) in [5.74, 6) is 0.551. The number of hydrogen-bond acceptors (Lipinski definition) is 2. The molecule has 0 saturated carbocycles. The van der Waals surface area contributed by atoms with Crippen molar-refractivity contribution in [3.8, 4) is 0 Å². The van der Waals surface area contributed by atoms with E-state index in [1.807, 2.05) is 24.0 Å². The van der Waals surface area contributed by atoms with Crippen molar-refractivity contribution < 1.29 is 4.79 Å². The normalized spacial score (nSPS) is 18.6. The summed E-state index contributed by atoms with van der Waals surface area (Å²) in [6.07, 6.45) is 1.03. The van der Waals surface area contributed by atoms with Crippen LogP contribution < -0.4 is 5.32 Å². The topological polar surface area (TPSA) is 32.3 Å². The van der Waals surface area contributed by atoms with Crippen LogP contribution in [0, 0.1) is 12.8 Å². The third-order valence-electron chi connectivity index (χ3n) is 3.72. The van der Waals surface area contributed by atoms with Gasteiger partial charge in [0.1, 0.15) is 0 Å². The minimum atomic E-state index is 0.0919. The van der Waals surface area contributed by atoms with Crippen molar-refractivity contribution >= 4 is 17.5 Å². The first-order chi connectivity index (χ1) is 9.49. The fraction of sp³-hybridized carbons (Fsp3) is 0.562. The first kappa shape index (κ1) is 15.3. The Labute approximate surface area is 126 Å². The average Bonchev–Trinajstić information content (AvgIpc) is 2.92. The molecular weight excluding hydrogens is 272 g/mol. The standard InChI is InChI=1S/C16H23ClN2O/c1-11(2)10-19(14-6-7-18-9-14)16(20)13-5-4-12(3)15(17)8-13/h4-5,8,11,14,18H,6-7,9-10H2,1-3H3/t14-/m1/s1. The summed E-state index contributed by atoms with van der Waals surface area (Å²) in [4.78, 5) is 14.8. The van der Waals surface area contributed by atoms with Gasteiger partial charge >= 0.3 is 0 Å². The van der Waals surface area contributed by atoms with Gasteiger partial charge in [0.15, 0.2) is 0 Å². The summed E-state index contributed by atoms with van der Waals surface area (Å²) in [7, 11) is 0. The van der Waals surface area contributed by atoms with E-state index in [0.717, 1.165) is 31.6 Å². The first-order valence-electron chi connectivity index (χ1n) is 7.27. The zero-order valence-corrected chi connectivity index (χ0v) is 13.2. The van der Waals surface area contributed by atoms with Crippen molar-refractivity contribution in [2.45, 2.75) is 33.2 Å². The molecule has 110 valence electrons. The maximum absolute atomic E-state index is 12.8. The zero-order chi connectivity index (χ0) is 14.7. The summed E-state index contributed by atoms with van der Waals surface area (Å²) in [5.41, 5.74) is 1.69. The van der Waals surface area contributed by atoms with Gasteiger partial charge in [-0.15, -0.1) is 0 Å². The number of amides is 1. The van der Waals surface area contributed by atoms with Crippen molar-refractivity contribution in [3.63, 3.8) is 0 Å². The lowest BCUT2D eigenvalue weighted by atomic mass is 10.1. The highest BCUT2D eigenvalue weighted by atomic mass is 35.5. The quantitative estimate of drug-likeness (QED) is 0.925. The highest BCUT2D eigenvalue weighted by molar-refractivity contribution is 6.31. The van der Waals surface area contributed by atoms with Crippen LogP contribution in [0.4, 0.5) is 0 Å². The molecule has 20 heavy (non-hydrogen) atoms. The molecule has 0 unspecified atom stereocenters. The summed E-state index contributed by atoms with van der Waals surface area (Å²) in [6.45, 7) is 8.90. The fourth-order valence-electron chi connectivity index (χ4n) is 2.59.